The molecule has 0 aromatic heterocycles. The zero-order valence-electron chi connectivity index (χ0n) is 15.7. The first-order valence-electron chi connectivity index (χ1n) is 9.61. The van der Waals surface area contributed by atoms with Crippen molar-refractivity contribution in [2.45, 2.75) is 78.1 Å². The lowest BCUT2D eigenvalue weighted by Crippen LogP contribution is -2.09. The predicted octanol–water partition coefficient (Wildman–Crippen LogP) is 5.23. The molecule has 0 radical (unpaired) electrons. The summed E-state index contributed by atoms with van der Waals surface area (Å²) in [5.41, 5.74) is 1.10. The van der Waals surface area contributed by atoms with Gasteiger partial charge in [0, 0.05) is 12.8 Å². The topological polar surface area (TPSA) is 52.6 Å². The first-order valence-corrected chi connectivity index (χ1v) is 9.61. The highest BCUT2D eigenvalue weighted by atomic mass is 16.5. The summed E-state index contributed by atoms with van der Waals surface area (Å²) in [6.45, 7) is 4.40. The number of para-hydroxylation sites is 1. The molecule has 0 fully saturated rings. The summed E-state index contributed by atoms with van der Waals surface area (Å²) in [7, 11) is 0. The second-order valence-corrected chi connectivity index (χ2v) is 6.26. The highest BCUT2D eigenvalue weighted by Gasteiger charge is 2.08. The molecule has 4 nitrogen and oxygen atoms in total. The summed E-state index contributed by atoms with van der Waals surface area (Å²) in [4.78, 5) is 23.2. The average Bonchev–Trinajstić information content (AvgIpc) is 2.59. The molecule has 0 N–H and O–H groups in total. The van der Waals surface area contributed by atoms with E-state index >= 15 is 0 Å². The summed E-state index contributed by atoms with van der Waals surface area (Å²) in [6, 6.07) is 7.76. The maximum Gasteiger partial charge on any atom is 0.311 e. The number of ether oxygens (including phenoxy) is 2. The molecule has 0 bridgehead atoms. The van der Waals surface area contributed by atoms with Crippen LogP contribution in [0.15, 0.2) is 24.3 Å². The standard InChI is InChI=1S/C21H32O4/c1-3-13-18-14-11-12-15-19(18)25-21(23)17-10-8-6-5-7-9-16-20(22)24-4-2/h11-12,14-15H,3-10,13,16-17H2,1-2H3. The third-order valence-corrected chi connectivity index (χ3v) is 4.03. The molecule has 4 heteroatoms. The van der Waals surface area contributed by atoms with E-state index in [1.165, 1.54) is 0 Å². The molecule has 0 heterocycles. The zero-order chi connectivity index (χ0) is 18.3. The van der Waals surface area contributed by atoms with Gasteiger partial charge in [0.25, 0.3) is 0 Å². The second-order valence-electron chi connectivity index (χ2n) is 6.26. The molecule has 0 aliphatic carbocycles. The number of aryl methyl sites for hydroxylation is 1. The van der Waals surface area contributed by atoms with E-state index < -0.39 is 0 Å². The van der Waals surface area contributed by atoms with Gasteiger partial charge in [-0.1, -0.05) is 57.2 Å². The van der Waals surface area contributed by atoms with Crippen LogP contribution in [-0.4, -0.2) is 18.5 Å². The van der Waals surface area contributed by atoms with E-state index in [9.17, 15) is 9.59 Å². The van der Waals surface area contributed by atoms with E-state index in [0.717, 1.165) is 56.9 Å². The Kier molecular flexibility index (Phi) is 11.4. The Labute approximate surface area is 151 Å². The van der Waals surface area contributed by atoms with Crippen molar-refractivity contribution < 1.29 is 19.1 Å². The lowest BCUT2D eigenvalue weighted by molar-refractivity contribution is -0.143. The minimum Gasteiger partial charge on any atom is -0.466 e. The Morgan fingerprint density at radius 1 is 0.840 bits per heavy atom. The van der Waals surface area contributed by atoms with Crippen molar-refractivity contribution >= 4 is 11.9 Å². The molecule has 0 spiro atoms. The Balaban J connectivity index is 2.08. The van der Waals surface area contributed by atoms with E-state index in [4.69, 9.17) is 9.47 Å². The fraction of sp³-hybridized carbons (Fsp3) is 0.619. The van der Waals surface area contributed by atoms with Gasteiger partial charge < -0.3 is 9.47 Å². The first kappa shape index (κ1) is 21.2. The largest absolute Gasteiger partial charge is 0.466 e. The van der Waals surface area contributed by atoms with Crippen molar-refractivity contribution in [1.82, 2.24) is 0 Å². The SMILES string of the molecule is CCCc1ccccc1OC(=O)CCCCCCCCC(=O)OCC. The molecule has 0 saturated carbocycles. The third kappa shape index (κ3) is 9.90. The van der Waals surface area contributed by atoms with Crippen molar-refractivity contribution in [2.24, 2.45) is 0 Å². The number of hydrogen-bond donors (Lipinski definition) is 0. The third-order valence-electron chi connectivity index (χ3n) is 4.03. The van der Waals surface area contributed by atoms with Gasteiger partial charge >= 0.3 is 11.9 Å². The molecule has 0 saturated heterocycles. The molecule has 1 aromatic carbocycles. The molecule has 0 aliphatic heterocycles. The number of esters is 2. The maximum absolute atomic E-state index is 12.0. The van der Waals surface area contributed by atoms with Crippen molar-refractivity contribution in [3.8, 4) is 5.75 Å². The van der Waals surface area contributed by atoms with Gasteiger partial charge in [-0.05, 0) is 37.8 Å². The molecule has 0 atom stereocenters. The highest BCUT2D eigenvalue weighted by molar-refractivity contribution is 5.72. The minimum absolute atomic E-state index is 0.103. The Hall–Kier alpha value is -1.84. The number of unbranched alkanes of at least 4 members (excludes halogenated alkanes) is 5. The van der Waals surface area contributed by atoms with Crippen molar-refractivity contribution in [3.05, 3.63) is 29.8 Å². The van der Waals surface area contributed by atoms with Crippen LogP contribution in [0.5, 0.6) is 5.75 Å². The number of benzene rings is 1. The highest BCUT2D eigenvalue weighted by Crippen LogP contribution is 2.20. The summed E-state index contributed by atoms with van der Waals surface area (Å²) < 4.78 is 10.4. The van der Waals surface area contributed by atoms with Crippen molar-refractivity contribution in [2.75, 3.05) is 6.61 Å². The molecule has 1 rings (SSSR count). The van der Waals surface area contributed by atoms with Crippen LogP contribution in [0, 0.1) is 0 Å². The fourth-order valence-electron chi connectivity index (χ4n) is 2.73. The van der Waals surface area contributed by atoms with Crippen molar-refractivity contribution in [1.29, 1.82) is 0 Å². The van der Waals surface area contributed by atoms with Crippen molar-refractivity contribution in [3.63, 3.8) is 0 Å². The van der Waals surface area contributed by atoms with E-state index in [2.05, 4.69) is 6.92 Å². The molecular weight excluding hydrogens is 316 g/mol. The Morgan fingerprint density at radius 2 is 1.44 bits per heavy atom. The Bertz CT molecular complexity index is 510. The lowest BCUT2D eigenvalue weighted by atomic mass is 10.1. The van der Waals surface area contributed by atoms with Gasteiger partial charge in [0.05, 0.1) is 6.61 Å². The monoisotopic (exact) mass is 348 g/mol. The van der Waals surface area contributed by atoms with Crippen LogP contribution in [-0.2, 0) is 20.7 Å². The van der Waals surface area contributed by atoms with Gasteiger partial charge in [0.15, 0.2) is 0 Å². The lowest BCUT2D eigenvalue weighted by Gasteiger charge is -2.09. The molecule has 1 aromatic rings. The van der Waals surface area contributed by atoms with Crippen LogP contribution in [0.4, 0.5) is 0 Å². The van der Waals surface area contributed by atoms with Crippen LogP contribution in [0.25, 0.3) is 0 Å². The van der Waals surface area contributed by atoms with Crippen LogP contribution < -0.4 is 4.74 Å². The summed E-state index contributed by atoms with van der Waals surface area (Å²) >= 11 is 0. The summed E-state index contributed by atoms with van der Waals surface area (Å²) in [5.74, 6) is 0.452. The van der Waals surface area contributed by atoms with Crippen LogP contribution >= 0.6 is 0 Å². The fourth-order valence-corrected chi connectivity index (χ4v) is 2.73. The van der Waals surface area contributed by atoms with Gasteiger partial charge in [0.2, 0.25) is 0 Å². The number of rotatable bonds is 13. The molecule has 140 valence electrons. The van der Waals surface area contributed by atoms with Gasteiger partial charge in [-0.25, -0.2) is 0 Å². The van der Waals surface area contributed by atoms with E-state index in [0.29, 0.717) is 25.2 Å². The van der Waals surface area contributed by atoms with E-state index in [1.807, 2.05) is 31.2 Å². The number of carbonyl (C=O) groups is 2. The molecule has 25 heavy (non-hydrogen) atoms. The molecule has 0 amide bonds. The summed E-state index contributed by atoms with van der Waals surface area (Å²) in [5, 5.41) is 0. The van der Waals surface area contributed by atoms with Gasteiger partial charge in [-0.15, -0.1) is 0 Å². The van der Waals surface area contributed by atoms with E-state index in [1.54, 1.807) is 0 Å². The number of carbonyl (C=O) groups excluding carboxylic acids is 2. The van der Waals surface area contributed by atoms with Gasteiger partial charge in [0.1, 0.15) is 5.75 Å². The normalized spacial score (nSPS) is 10.5. The first-order chi connectivity index (χ1) is 12.2. The van der Waals surface area contributed by atoms with E-state index in [-0.39, 0.29) is 11.9 Å². The number of hydrogen-bond acceptors (Lipinski definition) is 4. The maximum atomic E-state index is 12.0. The predicted molar refractivity (Wildman–Crippen MR) is 99.6 cm³/mol. The quantitative estimate of drug-likeness (QED) is 0.278. The van der Waals surface area contributed by atoms with Gasteiger partial charge in [-0.2, -0.15) is 0 Å². The smallest absolute Gasteiger partial charge is 0.311 e. The Morgan fingerprint density at radius 3 is 2.08 bits per heavy atom. The summed E-state index contributed by atoms with van der Waals surface area (Å²) in [6.07, 6.45) is 8.90. The zero-order valence-corrected chi connectivity index (χ0v) is 15.7. The minimum atomic E-state index is -0.147. The van der Waals surface area contributed by atoms with Crippen LogP contribution in [0.1, 0.15) is 77.2 Å². The van der Waals surface area contributed by atoms with Crippen LogP contribution in [0.2, 0.25) is 0 Å². The second kappa shape index (κ2) is 13.5. The molecular formula is C21H32O4. The van der Waals surface area contributed by atoms with Crippen LogP contribution in [0.3, 0.4) is 0 Å². The molecule has 0 unspecified atom stereocenters. The molecule has 0 aliphatic rings. The average molecular weight is 348 g/mol. The van der Waals surface area contributed by atoms with Gasteiger partial charge in [-0.3, -0.25) is 9.59 Å².